The number of amides is 1. The van der Waals surface area contributed by atoms with E-state index in [1.807, 2.05) is 25.3 Å². The Morgan fingerprint density at radius 3 is 2.42 bits per heavy atom. The van der Waals surface area contributed by atoms with E-state index in [0.717, 1.165) is 10.4 Å². The maximum Gasteiger partial charge on any atom is 0.240 e. The number of carbonyl (C=O) groups excluding carboxylic acids is 1. The number of hydrogen-bond donors (Lipinski definition) is 1. The maximum atomic E-state index is 12.2. The number of hydrogen-bond acceptors (Lipinski definition) is 4. The monoisotopic (exact) mass is 366 g/mol. The van der Waals surface area contributed by atoms with E-state index >= 15 is 0 Å². The number of benzene rings is 1. The zero-order chi connectivity index (χ0) is 17.7. The van der Waals surface area contributed by atoms with Crippen molar-refractivity contribution in [2.24, 2.45) is 0 Å². The van der Waals surface area contributed by atoms with Gasteiger partial charge in [-0.15, -0.1) is 11.3 Å². The van der Waals surface area contributed by atoms with E-state index in [9.17, 15) is 13.2 Å². The van der Waals surface area contributed by atoms with E-state index < -0.39 is 10.0 Å². The molecule has 0 spiro atoms. The van der Waals surface area contributed by atoms with Crippen LogP contribution in [0.3, 0.4) is 0 Å². The van der Waals surface area contributed by atoms with Crippen LogP contribution >= 0.6 is 11.3 Å². The predicted octanol–water partition coefficient (Wildman–Crippen LogP) is 2.69. The Labute approximate surface area is 147 Å². The van der Waals surface area contributed by atoms with Gasteiger partial charge in [0.1, 0.15) is 0 Å². The number of sulfonamides is 1. The summed E-state index contributed by atoms with van der Waals surface area (Å²) in [5.41, 5.74) is 2.16. The van der Waals surface area contributed by atoms with Crippen molar-refractivity contribution in [1.82, 2.24) is 9.62 Å². The zero-order valence-corrected chi connectivity index (χ0v) is 15.7. The van der Waals surface area contributed by atoms with Crippen molar-refractivity contribution >= 4 is 27.3 Å². The van der Waals surface area contributed by atoms with Gasteiger partial charge in [0.15, 0.2) is 0 Å². The second-order valence-electron chi connectivity index (χ2n) is 5.74. The third kappa shape index (κ3) is 4.90. The quantitative estimate of drug-likeness (QED) is 0.819. The van der Waals surface area contributed by atoms with E-state index in [-0.39, 0.29) is 23.8 Å². The number of rotatable bonds is 7. The molecule has 1 N–H and O–H groups in total. The highest BCUT2D eigenvalue weighted by atomic mass is 32.2. The van der Waals surface area contributed by atoms with E-state index in [0.29, 0.717) is 6.54 Å². The Morgan fingerprint density at radius 1 is 1.17 bits per heavy atom. The molecule has 2 aromatic rings. The van der Waals surface area contributed by atoms with Crippen LogP contribution in [0.15, 0.2) is 40.6 Å². The lowest BCUT2D eigenvalue weighted by molar-refractivity contribution is -0.130. The highest BCUT2D eigenvalue weighted by molar-refractivity contribution is 7.89. The van der Waals surface area contributed by atoms with Gasteiger partial charge in [-0.05, 0) is 43.0 Å². The minimum Gasteiger partial charge on any atom is -0.341 e. The van der Waals surface area contributed by atoms with Gasteiger partial charge in [0, 0.05) is 24.9 Å². The van der Waals surface area contributed by atoms with Crippen molar-refractivity contribution in [3.63, 3.8) is 0 Å². The molecule has 0 aliphatic rings. The highest BCUT2D eigenvalue weighted by Gasteiger charge is 2.16. The molecule has 0 saturated carbocycles. The standard InChI is InChI=1S/C17H22N2O3S2/c1-13-4-6-15(7-5-13)24(21,22)18-10-8-17(20)19(3)12-16-14(2)9-11-23-16/h4-7,9,11,18H,8,10,12H2,1-3H3. The molecule has 0 fully saturated rings. The number of aryl methyl sites for hydroxylation is 2. The maximum absolute atomic E-state index is 12.2. The zero-order valence-electron chi connectivity index (χ0n) is 14.1. The smallest absolute Gasteiger partial charge is 0.240 e. The number of carbonyl (C=O) groups is 1. The van der Waals surface area contributed by atoms with Crippen LogP contribution in [-0.2, 0) is 21.4 Å². The Balaban J connectivity index is 1.85. The lowest BCUT2D eigenvalue weighted by Gasteiger charge is -2.17. The van der Waals surface area contributed by atoms with Gasteiger partial charge < -0.3 is 4.90 Å². The van der Waals surface area contributed by atoms with Crippen LogP contribution in [0.2, 0.25) is 0 Å². The predicted molar refractivity (Wildman–Crippen MR) is 96.5 cm³/mol. The molecule has 0 aliphatic heterocycles. The normalized spacial score (nSPS) is 11.5. The van der Waals surface area contributed by atoms with Crippen LogP contribution in [0.4, 0.5) is 0 Å². The minimum absolute atomic E-state index is 0.0861. The molecule has 0 aliphatic carbocycles. The fraction of sp³-hybridized carbons (Fsp3) is 0.353. The Bertz CT molecular complexity index is 795. The van der Waals surface area contributed by atoms with Crippen molar-refractivity contribution in [3.05, 3.63) is 51.7 Å². The van der Waals surface area contributed by atoms with E-state index in [2.05, 4.69) is 4.72 Å². The lowest BCUT2D eigenvalue weighted by atomic mass is 10.2. The van der Waals surface area contributed by atoms with Gasteiger partial charge >= 0.3 is 0 Å². The molecule has 0 saturated heterocycles. The highest BCUT2D eigenvalue weighted by Crippen LogP contribution is 2.17. The van der Waals surface area contributed by atoms with Gasteiger partial charge in [0.2, 0.25) is 15.9 Å². The van der Waals surface area contributed by atoms with Gasteiger partial charge in [-0.3, -0.25) is 4.79 Å². The summed E-state index contributed by atoms with van der Waals surface area (Å²) in [4.78, 5) is 15.1. The van der Waals surface area contributed by atoms with E-state index in [1.54, 1.807) is 47.5 Å². The summed E-state index contributed by atoms with van der Waals surface area (Å²) in [6.45, 7) is 4.54. The molecule has 0 unspecified atom stereocenters. The third-order valence-corrected chi connectivity index (χ3v) is 6.22. The Kier molecular flexibility index (Phi) is 6.15. The van der Waals surface area contributed by atoms with Gasteiger partial charge in [0.05, 0.1) is 11.4 Å². The fourth-order valence-corrected chi connectivity index (χ4v) is 4.14. The molecule has 7 heteroatoms. The largest absolute Gasteiger partial charge is 0.341 e. The summed E-state index contributed by atoms with van der Waals surface area (Å²) in [5.74, 6) is -0.0885. The first kappa shape index (κ1) is 18.6. The van der Waals surface area contributed by atoms with Crippen LogP contribution in [0.1, 0.15) is 22.4 Å². The molecular formula is C17H22N2O3S2. The van der Waals surface area contributed by atoms with Gasteiger partial charge in [0.25, 0.3) is 0 Å². The summed E-state index contributed by atoms with van der Waals surface area (Å²) >= 11 is 1.62. The SMILES string of the molecule is Cc1ccc(S(=O)(=O)NCCC(=O)N(C)Cc2sccc2C)cc1. The molecular weight excluding hydrogens is 344 g/mol. The Morgan fingerprint density at radius 2 is 1.83 bits per heavy atom. The fourth-order valence-electron chi connectivity index (χ4n) is 2.15. The molecule has 24 heavy (non-hydrogen) atoms. The summed E-state index contributed by atoms with van der Waals surface area (Å²) in [6, 6.07) is 8.64. The molecule has 5 nitrogen and oxygen atoms in total. The molecule has 0 radical (unpaired) electrons. The second-order valence-corrected chi connectivity index (χ2v) is 8.51. The first-order chi connectivity index (χ1) is 11.3. The van der Waals surface area contributed by atoms with E-state index in [1.165, 1.54) is 5.56 Å². The molecule has 1 aromatic heterocycles. The van der Waals surface area contributed by atoms with Crippen LogP contribution in [0, 0.1) is 13.8 Å². The molecule has 0 atom stereocenters. The van der Waals surface area contributed by atoms with Crippen molar-refractivity contribution in [2.75, 3.05) is 13.6 Å². The molecule has 1 heterocycles. The molecule has 0 bridgehead atoms. The first-order valence-corrected chi connectivity index (χ1v) is 9.99. The number of nitrogens with one attached hydrogen (secondary N) is 1. The van der Waals surface area contributed by atoms with Crippen molar-refractivity contribution in [1.29, 1.82) is 0 Å². The van der Waals surface area contributed by atoms with Crippen molar-refractivity contribution < 1.29 is 13.2 Å². The molecule has 2 rings (SSSR count). The summed E-state index contributed by atoms with van der Waals surface area (Å²) in [6.07, 6.45) is 0.131. The van der Waals surface area contributed by atoms with Crippen LogP contribution in [-0.4, -0.2) is 32.8 Å². The Hall–Kier alpha value is -1.70. The average molecular weight is 367 g/mol. The third-order valence-electron chi connectivity index (χ3n) is 3.74. The lowest BCUT2D eigenvalue weighted by Crippen LogP contribution is -2.31. The van der Waals surface area contributed by atoms with E-state index in [4.69, 9.17) is 0 Å². The summed E-state index contributed by atoms with van der Waals surface area (Å²) < 4.78 is 26.8. The topological polar surface area (TPSA) is 66.5 Å². The number of thiophene rings is 1. The number of nitrogens with zero attached hydrogens (tertiary/aromatic N) is 1. The second kappa shape index (κ2) is 7.92. The van der Waals surface area contributed by atoms with Crippen LogP contribution < -0.4 is 4.72 Å². The molecule has 130 valence electrons. The summed E-state index contributed by atoms with van der Waals surface area (Å²) in [7, 11) is -1.84. The first-order valence-electron chi connectivity index (χ1n) is 7.63. The van der Waals surface area contributed by atoms with Crippen molar-refractivity contribution in [2.45, 2.75) is 31.7 Å². The van der Waals surface area contributed by atoms with Gasteiger partial charge in [-0.1, -0.05) is 17.7 Å². The van der Waals surface area contributed by atoms with Gasteiger partial charge in [-0.2, -0.15) is 0 Å². The minimum atomic E-state index is -3.57. The van der Waals surface area contributed by atoms with Gasteiger partial charge in [-0.25, -0.2) is 13.1 Å². The average Bonchev–Trinajstić information content (AvgIpc) is 2.92. The van der Waals surface area contributed by atoms with Crippen LogP contribution in [0.5, 0.6) is 0 Å². The van der Waals surface area contributed by atoms with Crippen LogP contribution in [0.25, 0.3) is 0 Å². The molecule has 1 amide bonds. The summed E-state index contributed by atoms with van der Waals surface area (Å²) in [5, 5.41) is 2.00. The molecule has 1 aromatic carbocycles. The van der Waals surface area contributed by atoms with Crippen molar-refractivity contribution in [3.8, 4) is 0 Å².